The summed E-state index contributed by atoms with van der Waals surface area (Å²) in [5.41, 5.74) is 0. The third kappa shape index (κ3) is 15.5. The molecule has 0 unspecified atom stereocenters. The van der Waals surface area contributed by atoms with Crippen LogP contribution < -0.4 is 0 Å². The second-order valence-corrected chi connectivity index (χ2v) is 5.91. The van der Waals surface area contributed by atoms with E-state index in [2.05, 4.69) is 13.5 Å². The number of carbonyl (C=O) groups is 1. The van der Waals surface area contributed by atoms with E-state index in [0.717, 1.165) is 12.2 Å². The van der Waals surface area contributed by atoms with Crippen LogP contribution in [0.25, 0.3) is 0 Å². The Labute approximate surface area is 123 Å². The molecule has 0 aliphatic carbocycles. The first-order valence-corrected chi connectivity index (χ1v) is 8.70. The van der Waals surface area contributed by atoms with Crippen LogP contribution in [-0.2, 0) is 4.74 Å². The quantitative estimate of drug-likeness (QED) is 0.237. The summed E-state index contributed by atoms with van der Waals surface area (Å²) in [5.74, 6) is 0.881. The van der Waals surface area contributed by atoms with Gasteiger partial charge in [0.1, 0.15) is 6.61 Å². The van der Waals surface area contributed by atoms with E-state index in [4.69, 9.17) is 4.74 Å². The molecule has 0 N–H and O–H groups in total. The Bertz CT molecular complexity index is 217. The minimum Gasteiger partial charge on any atom is -0.453 e. The second kappa shape index (κ2) is 15.6. The highest BCUT2D eigenvalue weighted by atomic mass is 32.2. The monoisotopic (exact) mass is 286 g/mol. The first kappa shape index (κ1) is 18.6. The highest BCUT2D eigenvalue weighted by molar-refractivity contribution is 8.13. The third-order valence-electron chi connectivity index (χ3n) is 3.04. The molecular formula is C16H30O2S. The molecule has 0 radical (unpaired) electrons. The Balaban J connectivity index is 3.06. The Morgan fingerprint density at radius 1 is 1.00 bits per heavy atom. The van der Waals surface area contributed by atoms with Gasteiger partial charge in [-0.2, -0.15) is 0 Å². The SMILES string of the molecule is C=CCOC(=O)SCCCCCCCCCCCC. The van der Waals surface area contributed by atoms with Gasteiger partial charge in [-0.05, 0) is 18.2 Å². The summed E-state index contributed by atoms with van der Waals surface area (Å²) in [6.45, 7) is 6.09. The molecule has 3 heteroatoms. The van der Waals surface area contributed by atoms with Crippen LogP contribution in [0.15, 0.2) is 12.7 Å². The van der Waals surface area contributed by atoms with Gasteiger partial charge in [-0.3, -0.25) is 0 Å². The summed E-state index contributed by atoms with van der Waals surface area (Å²) in [5, 5.41) is -0.171. The highest BCUT2D eigenvalue weighted by Gasteiger charge is 2.01. The van der Waals surface area contributed by atoms with E-state index in [1.807, 2.05) is 0 Å². The molecule has 0 spiro atoms. The summed E-state index contributed by atoms with van der Waals surface area (Å²) < 4.78 is 4.89. The predicted molar refractivity (Wildman–Crippen MR) is 85.8 cm³/mol. The van der Waals surface area contributed by atoms with Crippen molar-refractivity contribution >= 4 is 17.1 Å². The molecule has 0 amide bonds. The molecule has 0 aromatic heterocycles. The van der Waals surface area contributed by atoms with Crippen molar-refractivity contribution in [1.82, 2.24) is 0 Å². The molecule has 0 atom stereocenters. The van der Waals surface area contributed by atoms with E-state index in [9.17, 15) is 4.79 Å². The fourth-order valence-corrected chi connectivity index (χ4v) is 2.58. The highest BCUT2D eigenvalue weighted by Crippen LogP contribution is 2.13. The average Bonchev–Trinajstić information content (AvgIpc) is 2.42. The molecular weight excluding hydrogens is 256 g/mol. The lowest BCUT2D eigenvalue weighted by molar-refractivity contribution is 0.188. The molecule has 0 saturated heterocycles. The fraction of sp³-hybridized carbons (Fsp3) is 0.812. The Morgan fingerprint density at radius 3 is 2.05 bits per heavy atom. The maximum atomic E-state index is 11.2. The van der Waals surface area contributed by atoms with Crippen LogP contribution in [0.4, 0.5) is 4.79 Å². The fourth-order valence-electron chi connectivity index (χ4n) is 1.91. The van der Waals surface area contributed by atoms with Crippen molar-refractivity contribution in [2.24, 2.45) is 0 Å². The van der Waals surface area contributed by atoms with Crippen LogP contribution in [-0.4, -0.2) is 17.7 Å². The van der Waals surface area contributed by atoms with Crippen molar-refractivity contribution in [2.45, 2.75) is 71.1 Å². The van der Waals surface area contributed by atoms with E-state index in [0.29, 0.717) is 6.61 Å². The summed E-state index contributed by atoms with van der Waals surface area (Å²) in [6.07, 6.45) is 14.9. The minimum atomic E-state index is -0.171. The van der Waals surface area contributed by atoms with Crippen LogP contribution in [0.5, 0.6) is 0 Å². The van der Waals surface area contributed by atoms with Gasteiger partial charge in [0.2, 0.25) is 0 Å². The smallest absolute Gasteiger partial charge is 0.367 e. The Morgan fingerprint density at radius 2 is 1.53 bits per heavy atom. The van der Waals surface area contributed by atoms with E-state index >= 15 is 0 Å². The zero-order chi connectivity index (χ0) is 14.2. The van der Waals surface area contributed by atoms with Gasteiger partial charge in [-0.15, -0.1) is 0 Å². The van der Waals surface area contributed by atoms with Gasteiger partial charge in [0.25, 0.3) is 0 Å². The van der Waals surface area contributed by atoms with Crippen LogP contribution in [0.1, 0.15) is 71.1 Å². The topological polar surface area (TPSA) is 26.3 Å². The summed E-state index contributed by atoms with van der Waals surface area (Å²) >= 11 is 1.28. The van der Waals surface area contributed by atoms with Crippen molar-refractivity contribution in [1.29, 1.82) is 0 Å². The first-order chi connectivity index (χ1) is 9.31. The molecule has 0 heterocycles. The molecule has 0 bridgehead atoms. The van der Waals surface area contributed by atoms with Gasteiger partial charge in [-0.1, -0.05) is 77.4 Å². The number of ether oxygens (including phenoxy) is 1. The average molecular weight is 286 g/mol. The number of hydrogen-bond acceptors (Lipinski definition) is 3. The maximum absolute atomic E-state index is 11.2. The van der Waals surface area contributed by atoms with Crippen molar-refractivity contribution < 1.29 is 9.53 Å². The lowest BCUT2D eigenvalue weighted by Crippen LogP contribution is -1.98. The Kier molecular flexibility index (Phi) is 15.3. The largest absolute Gasteiger partial charge is 0.453 e. The lowest BCUT2D eigenvalue weighted by atomic mass is 10.1. The van der Waals surface area contributed by atoms with Crippen molar-refractivity contribution in [3.8, 4) is 0 Å². The molecule has 19 heavy (non-hydrogen) atoms. The second-order valence-electron chi connectivity index (χ2n) is 4.88. The molecule has 112 valence electrons. The number of hydrogen-bond donors (Lipinski definition) is 0. The van der Waals surface area contributed by atoms with Crippen LogP contribution in [0.2, 0.25) is 0 Å². The standard InChI is InChI=1S/C16H30O2S/c1-3-5-6-7-8-9-10-11-12-13-15-19-16(17)18-14-4-2/h4H,2-3,5-15H2,1H3. The first-order valence-electron chi connectivity index (χ1n) is 7.71. The zero-order valence-electron chi connectivity index (χ0n) is 12.5. The molecule has 0 aromatic carbocycles. The van der Waals surface area contributed by atoms with E-state index in [1.54, 1.807) is 6.08 Å². The predicted octanol–water partition coefficient (Wildman–Crippen LogP) is 5.96. The summed E-state index contributed by atoms with van der Waals surface area (Å²) in [4.78, 5) is 11.2. The molecule has 2 nitrogen and oxygen atoms in total. The number of rotatable bonds is 13. The molecule has 0 saturated carbocycles. The minimum absolute atomic E-state index is 0.171. The molecule has 0 rings (SSSR count). The van der Waals surface area contributed by atoms with Gasteiger partial charge < -0.3 is 4.74 Å². The van der Waals surface area contributed by atoms with Crippen molar-refractivity contribution in [2.75, 3.05) is 12.4 Å². The number of thioether (sulfide) groups is 1. The molecule has 0 aromatic rings. The lowest BCUT2D eigenvalue weighted by Gasteiger charge is -2.03. The van der Waals surface area contributed by atoms with Crippen LogP contribution >= 0.6 is 11.8 Å². The summed E-state index contributed by atoms with van der Waals surface area (Å²) in [7, 11) is 0. The van der Waals surface area contributed by atoms with E-state index in [1.165, 1.54) is 69.5 Å². The normalized spacial score (nSPS) is 10.4. The van der Waals surface area contributed by atoms with Crippen molar-refractivity contribution in [3.05, 3.63) is 12.7 Å². The van der Waals surface area contributed by atoms with Gasteiger partial charge in [0.15, 0.2) is 0 Å². The molecule has 0 aliphatic rings. The summed E-state index contributed by atoms with van der Waals surface area (Å²) in [6, 6.07) is 0. The van der Waals surface area contributed by atoms with Crippen molar-refractivity contribution in [3.63, 3.8) is 0 Å². The number of carbonyl (C=O) groups excluding carboxylic acids is 1. The van der Waals surface area contributed by atoms with Crippen LogP contribution in [0.3, 0.4) is 0 Å². The van der Waals surface area contributed by atoms with E-state index < -0.39 is 0 Å². The van der Waals surface area contributed by atoms with Crippen LogP contribution in [0, 0.1) is 0 Å². The zero-order valence-corrected chi connectivity index (χ0v) is 13.3. The van der Waals surface area contributed by atoms with Gasteiger partial charge in [0.05, 0.1) is 0 Å². The van der Waals surface area contributed by atoms with Gasteiger partial charge in [-0.25, -0.2) is 4.79 Å². The van der Waals surface area contributed by atoms with Gasteiger partial charge in [0, 0.05) is 5.75 Å². The third-order valence-corrected chi connectivity index (χ3v) is 3.88. The maximum Gasteiger partial charge on any atom is 0.367 e. The Hall–Kier alpha value is -0.440. The molecule has 0 fully saturated rings. The van der Waals surface area contributed by atoms with Gasteiger partial charge >= 0.3 is 5.30 Å². The van der Waals surface area contributed by atoms with E-state index in [-0.39, 0.29) is 5.30 Å². The number of unbranched alkanes of at least 4 members (excludes halogenated alkanes) is 9. The molecule has 0 aliphatic heterocycles.